The number of hydrogen-bond acceptors (Lipinski definition) is 3. The van der Waals surface area contributed by atoms with E-state index in [0.29, 0.717) is 12.1 Å². The van der Waals surface area contributed by atoms with Crippen LogP contribution in [0.25, 0.3) is 0 Å². The standard InChI is InChI=1S/C19H28N4O/c1-3-21-19(22-15-18-6-4-5-17(13-18)14-20)23(2)10-7-16-8-11-24-12-9-16/h4-6,13,16H,3,7-12,15H2,1-2H3,(H,21,22). The predicted molar refractivity (Wildman–Crippen MR) is 96.8 cm³/mol. The van der Waals surface area contributed by atoms with Crippen LogP contribution in [0.15, 0.2) is 29.3 Å². The van der Waals surface area contributed by atoms with E-state index in [0.717, 1.165) is 43.7 Å². The summed E-state index contributed by atoms with van der Waals surface area (Å²) in [5.41, 5.74) is 1.74. The molecule has 0 radical (unpaired) electrons. The summed E-state index contributed by atoms with van der Waals surface area (Å²) in [6.45, 7) is 6.31. The van der Waals surface area contributed by atoms with Gasteiger partial charge in [-0.15, -0.1) is 0 Å². The van der Waals surface area contributed by atoms with Gasteiger partial charge < -0.3 is 15.0 Å². The Morgan fingerprint density at radius 3 is 2.92 bits per heavy atom. The fourth-order valence-electron chi connectivity index (χ4n) is 2.89. The quantitative estimate of drug-likeness (QED) is 0.644. The van der Waals surface area contributed by atoms with Gasteiger partial charge in [0.05, 0.1) is 18.2 Å². The van der Waals surface area contributed by atoms with Gasteiger partial charge in [-0.25, -0.2) is 4.99 Å². The molecule has 1 fully saturated rings. The lowest BCUT2D eigenvalue weighted by Crippen LogP contribution is -2.40. The fraction of sp³-hybridized carbons (Fsp3) is 0.579. The average molecular weight is 328 g/mol. The Labute approximate surface area is 145 Å². The van der Waals surface area contributed by atoms with E-state index in [1.165, 1.54) is 19.3 Å². The average Bonchev–Trinajstić information content (AvgIpc) is 2.64. The molecule has 1 aromatic rings. The first-order valence-corrected chi connectivity index (χ1v) is 8.79. The minimum Gasteiger partial charge on any atom is -0.381 e. The lowest BCUT2D eigenvalue weighted by atomic mass is 9.96. The van der Waals surface area contributed by atoms with Gasteiger partial charge in [0.25, 0.3) is 0 Å². The largest absolute Gasteiger partial charge is 0.381 e. The Hall–Kier alpha value is -2.06. The Bertz CT molecular complexity index is 573. The zero-order chi connectivity index (χ0) is 17.2. The van der Waals surface area contributed by atoms with E-state index in [1.54, 1.807) is 0 Å². The van der Waals surface area contributed by atoms with Gasteiger partial charge in [0.15, 0.2) is 5.96 Å². The molecular formula is C19H28N4O. The highest BCUT2D eigenvalue weighted by Crippen LogP contribution is 2.18. The van der Waals surface area contributed by atoms with Crippen molar-refractivity contribution in [2.24, 2.45) is 10.9 Å². The zero-order valence-corrected chi connectivity index (χ0v) is 14.8. The van der Waals surface area contributed by atoms with Crippen LogP contribution in [0.1, 0.15) is 37.3 Å². The van der Waals surface area contributed by atoms with Crippen molar-refractivity contribution in [1.82, 2.24) is 10.2 Å². The van der Waals surface area contributed by atoms with Crippen LogP contribution >= 0.6 is 0 Å². The van der Waals surface area contributed by atoms with Gasteiger partial charge in [-0.3, -0.25) is 0 Å². The predicted octanol–water partition coefficient (Wildman–Crippen LogP) is 2.77. The third kappa shape index (κ3) is 5.86. The molecular weight excluding hydrogens is 300 g/mol. The van der Waals surface area contributed by atoms with Crippen LogP contribution in [0.4, 0.5) is 0 Å². The third-order valence-electron chi connectivity index (χ3n) is 4.38. The maximum absolute atomic E-state index is 8.99. The maximum Gasteiger partial charge on any atom is 0.193 e. The molecule has 5 heteroatoms. The highest BCUT2D eigenvalue weighted by molar-refractivity contribution is 5.79. The normalized spacial score (nSPS) is 15.8. The second kappa shape index (κ2) is 9.94. The van der Waals surface area contributed by atoms with Crippen LogP contribution in [0.5, 0.6) is 0 Å². The molecule has 1 heterocycles. The molecule has 1 N–H and O–H groups in total. The third-order valence-corrected chi connectivity index (χ3v) is 4.38. The highest BCUT2D eigenvalue weighted by atomic mass is 16.5. The van der Waals surface area contributed by atoms with E-state index in [2.05, 4.69) is 30.3 Å². The van der Waals surface area contributed by atoms with Gasteiger partial charge in [-0.05, 0) is 49.8 Å². The number of hydrogen-bond donors (Lipinski definition) is 1. The van der Waals surface area contributed by atoms with Crippen LogP contribution in [0, 0.1) is 17.2 Å². The monoisotopic (exact) mass is 328 g/mol. The maximum atomic E-state index is 8.99. The molecule has 0 saturated carbocycles. The van der Waals surface area contributed by atoms with Gasteiger partial charge >= 0.3 is 0 Å². The Kier molecular flexibility index (Phi) is 7.57. The lowest BCUT2D eigenvalue weighted by molar-refractivity contribution is 0.0625. The second-order valence-electron chi connectivity index (χ2n) is 6.25. The van der Waals surface area contributed by atoms with Crippen LogP contribution in [-0.2, 0) is 11.3 Å². The van der Waals surface area contributed by atoms with Crippen molar-refractivity contribution >= 4 is 5.96 Å². The lowest BCUT2D eigenvalue weighted by Gasteiger charge is -2.26. The molecule has 5 nitrogen and oxygen atoms in total. The Morgan fingerprint density at radius 2 is 2.21 bits per heavy atom. The van der Waals surface area contributed by atoms with Crippen molar-refractivity contribution in [2.45, 2.75) is 32.7 Å². The summed E-state index contributed by atoms with van der Waals surface area (Å²) in [6, 6.07) is 9.81. The molecule has 0 aromatic heterocycles. The SMILES string of the molecule is CCNC(=NCc1cccc(C#N)c1)N(C)CCC1CCOCC1. The number of aliphatic imine (C=N–C) groups is 1. The van der Waals surface area contributed by atoms with Crippen LogP contribution in [0.3, 0.4) is 0 Å². The number of nitrogens with one attached hydrogen (secondary N) is 1. The summed E-state index contributed by atoms with van der Waals surface area (Å²) in [7, 11) is 2.09. The summed E-state index contributed by atoms with van der Waals surface area (Å²) >= 11 is 0. The molecule has 1 aliphatic heterocycles. The molecule has 1 saturated heterocycles. The van der Waals surface area contributed by atoms with Gasteiger partial charge in [0.1, 0.15) is 0 Å². The van der Waals surface area contributed by atoms with Gasteiger partial charge in [-0.2, -0.15) is 5.26 Å². The summed E-state index contributed by atoms with van der Waals surface area (Å²) < 4.78 is 5.43. The molecule has 130 valence electrons. The molecule has 0 atom stereocenters. The van der Waals surface area contributed by atoms with Gasteiger partial charge in [0, 0.05) is 33.4 Å². The minimum atomic E-state index is 0.583. The number of nitriles is 1. The van der Waals surface area contributed by atoms with E-state index < -0.39 is 0 Å². The van der Waals surface area contributed by atoms with Crippen molar-refractivity contribution < 1.29 is 4.74 Å². The summed E-state index contributed by atoms with van der Waals surface area (Å²) in [4.78, 5) is 6.92. The molecule has 0 aliphatic carbocycles. The Morgan fingerprint density at radius 1 is 1.42 bits per heavy atom. The van der Waals surface area contributed by atoms with Crippen LogP contribution in [0.2, 0.25) is 0 Å². The summed E-state index contributed by atoms with van der Waals surface area (Å²) in [6.07, 6.45) is 3.51. The van der Waals surface area contributed by atoms with Crippen molar-refractivity contribution in [3.05, 3.63) is 35.4 Å². The first kappa shape index (κ1) is 18.3. The first-order chi connectivity index (χ1) is 11.7. The fourth-order valence-corrected chi connectivity index (χ4v) is 2.89. The number of rotatable bonds is 6. The molecule has 1 aliphatic rings. The zero-order valence-electron chi connectivity index (χ0n) is 14.8. The number of ether oxygens (including phenoxy) is 1. The van der Waals surface area contributed by atoms with Crippen molar-refractivity contribution in [3.63, 3.8) is 0 Å². The molecule has 24 heavy (non-hydrogen) atoms. The second-order valence-corrected chi connectivity index (χ2v) is 6.25. The van der Waals surface area contributed by atoms with E-state index >= 15 is 0 Å². The van der Waals surface area contributed by atoms with E-state index in [-0.39, 0.29) is 0 Å². The number of benzene rings is 1. The molecule has 0 unspecified atom stereocenters. The van der Waals surface area contributed by atoms with E-state index in [1.807, 2.05) is 24.3 Å². The van der Waals surface area contributed by atoms with Crippen LogP contribution in [-0.4, -0.2) is 44.2 Å². The number of nitrogens with zero attached hydrogens (tertiary/aromatic N) is 3. The van der Waals surface area contributed by atoms with Crippen LogP contribution < -0.4 is 5.32 Å². The van der Waals surface area contributed by atoms with Gasteiger partial charge in [-0.1, -0.05) is 12.1 Å². The first-order valence-electron chi connectivity index (χ1n) is 8.79. The molecule has 1 aromatic carbocycles. The molecule has 0 bridgehead atoms. The Balaban J connectivity index is 1.91. The summed E-state index contributed by atoms with van der Waals surface area (Å²) in [5, 5.41) is 12.3. The number of guanidine groups is 1. The smallest absolute Gasteiger partial charge is 0.193 e. The van der Waals surface area contributed by atoms with Crippen molar-refractivity contribution in [2.75, 3.05) is 33.4 Å². The van der Waals surface area contributed by atoms with E-state index in [9.17, 15) is 0 Å². The highest BCUT2D eigenvalue weighted by Gasteiger charge is 2.15. The molecule has 0 amide bonds. The van der Waals surface area contributed by atoms with Crippen molar-refractivity contribution in [1.29, 1.82) is 5.26 Å². The summed E-state index contributed by atoms with van der Waals surface area (Å²) in [5.74, 6) is 1.68. The topological polar surface area (TPSA) is 60.7 Å². The van der Waals surface area contributed by atoms with E-state index in [4.69, 9.17) is 15.0 Å². The molecule has 2 rings (SSSR count). The minimum absolute atomic E-state index is 0.583. The van der Waals surface area contributed by atoms with Gasteiger partial charge in [0.2, 0.25) is 0 Å². The molecule has 0 spiro atoms. The van der Waals surface area contributed by atoms with Crippen molar-refractivity contribution in [3.8, 4) is 6.07 Å².